The Bertz CT molecular complexity index is 342. The van der Waals surface area contributed by atoms with Crippen molar-refractivity contribution in [2.45, 2.75) is 6.54 Å². The van der Waals surface area contributed by atoms with Gasteiger partial charge < -0.3 is 5.73 Å². The fourth-order valence-corrected chi connectivity index (χ4v) is 2.30. The standard InChI is InChI=1S/C8H6Br2N2/c9-6-1-5(3-11)7(4-12)8(10)2-6/h1-2H,4,12H2. The first-order valence-electron chi connectivity index (χ1n) is 3.27. The summed E-state index contributed by atoms with van der Waals surface area (Å²) in [6, 6.07) is 5.72. The molecule has 0 amide bonds. The molecule has 1 aromatic rings. The number of benzene rings is 1. The van der Waals surface area contributed by atoms with Crippen molar-refractivity contribution in [2.24, 2.45) is 5.73 Å². The van der Waals surface area contributed by atoms with E-state index in [0.717, 1.165) is 14.5 Å². The molecule has 0 unspecified atom stereocenters. The average Bonchev–Trinajstić information content (AvgIpc) is 2.03. The van der Waals surface area contributed by atoms with Gasteiger partial charge in [0.05, 0.1) is 11.6 Å². The lowest BCUT2D eigenvalue weighted by Crippen LogP contribution is -2.00. The quantitative estimate of drug-likeness (QED) is 0.864. The van der Waals surface area contributed by atoms with Gasteiger partial charge in [-0.2, -0.15) is 5.26 Å². The molecule has 0 bridgehead atoms. The third-order valence-electron chi connectivity index (χ3n) is 1.48. The van der Waals surface area contributed by atoms with E-state index >= 15 is 0 Å². The third kappa shape index (κ3) is 1.86. The van der Waals surface area contributed by atoms with Gasteiger partial charge in [-0.05, 0) is 17.7 Å². The van der Waals surface area contributed by atoms with Crippen LogP contribution in [-0.4, -0.2) is 0 Å². The third-order valence-corrected chi connectivity index (χ3v) is 2.65. The van der Waals surface area contributed by atoms with Crippen LogP contribution in [0, 0.1) is 11.3 Å². The van der Waals surface area contributed by atoms with Crippen molar-refractivity contribution in [1.82, 2.24) is 0 Å². The lowest BCUT2D eigenvalue weighted by molar-refractivity contribution is 1.05. The van der Waals surface area contributed by atoms with Crippen molar-refractivity contribution < 1.29 is 0 Å². The molecule has 0 fully saturated rings. The van der Waals surface area contributed by atoms with Gasteiger partial charge in [0.2, 0.25) is 0 Å². The maximum Gasteiger partial charge on any atom is 0.0995 e. The smallest absolute Gasteiger partial charge is 0.0995 e. The second-order valence-electron chi connectivity index (χ2n) is 2.23. The molecule has 0 saturated heterocycles. The van der Waals surface area contributed by atoms with Gasteiger partial charge in [-0.1, -0.05) is 31.9 Å². The van der Waals surface area contributed by atoms with Gasteiger partial charge >= 0.3 is 0 Å². The fraction of sp³-hybridized carbons (Fsp3) is 0.125. The number of nitriles is 1. The van der Waals surface area contributed by atoms with E-state index in [4.69, 9.17) is 11.0 Å². The molecule has 1 rings (SSSR count). The molecular formula is C8H6Br2N2. The maximum absolute atomic E-state index is 8.75. The number of hydrogen-bond acceptors (Lipinski definition) is 2. The summed E-state index contributed by atoms with van der Waals surface area (Å²) in [7, 11) is 0. The van der Waals surface area contributed by atoms with Gasteiger partial charge in [-0.3, -0.25) is 0 Å². The molecular weight excluding hydrogens is 284 g/mol. The molecule has 0 atom stereocenters. The minimum absolute atomic E-state index is 0.372. The van der Waals surface area contributed by atoms with Gasteiger partial charge in [-0.15, -0.1) is 0 Å². The van der Waals surface area contributed by atoms with Gasteiger partial charge in [0, 0.05) is 15.5 Å². The Balaban J connectivity index is 3.36. The van der Waals surface area contributed by atoms with E-state index in [0.29, 0.717) is 12.1 Å². The molecule has 62 valence electrons. The highest BCUT2D eigenvalue weighted by Crippen LogP contribution is 2.25. The van der Waals surface area contributed by atoms with E-state index in [9.17, 15) is 0 Å². The molecule has 0 aliphatic rings. The lowest BCUT2D eigenvalue weighted by Gasteiger charge is -2.03. The first kappa shape index (κ1) is 9.72. The Morgan fingerprint density at radius 2 is 2.08 bits per heavy atom. The van der Waals surface area contributed by atoms with Crippen LogP contribution in [0.3, 0.4) is 0 Å². The van der Waals surface area contributed by atoms with Crippen LogP contribution in [0.1, 0.15) is 11.1 Å². The van der Waals surface area contributed by atoms with E-state index in [1.165, 1.54) is 0 Å². The number of nitrogens with zero attached hydrogens (tertiary/aromatic N) is 1. The highest BCUT2D eigenvalue weighted by Gasteiger charge is 2.05. The predicted molar refractivity (Wildman–Crippen MR) is 54.4 cm³/mol. The molecule has 0 aliphatic heterocycles. The van der Waals surface area contributed by atoms with E-state index < -0.39 is 0 Å². The number of nitrogens with two attached hydrogens (primary N) is 1. The molecule has 0 aromatic heterocycles. The Morgan fingerprint density at radius 3 is 2.58 bits per heavy atom. The van der Waals surface area contributed by atoms with Crippen molar-refractivity contribution in [3.05, 3.63) is 32.2 Å². The topological polar surface area (TPSA) is 49.8 Å². The Hall–Kier alpha value is -0.370. The minimum atomic E-state index is 0.372. The number of halogens is 2. The molecule has 1 aromatic carbocycles. The van der Waals surface area contributed by atoms with Crippen molar-refractivity contribution in [1.29, 1.82) is 5.26 Å². The summed E-state index contributed by atoms with van der Waals surface area (Å²) in [5, 5.41) is 8.75. The number of rotatable bonds is 1. The van der Waals surface area contributed by atoms with Gasteiger partial charge in [-0.25, -0.2) is 0 Å². The normalized spacial score (nSPS) is 9.50. The molecule has 0 saturated carbocycles. The highest BCUT2D eigenvalue weighted by atomic mass is 79.9. The zero-order chi connectivity index (χ0) is 9.14. The van der Waals surface area contributed by atoms with Crippen LogP contribution in [0.15, 0.2) is 21.1 Å². The van der Waals surface area contributed by atoms with E-state index in [1.54, 1.807) is 6.07 Å². The van der Waals surface area contributed by atoms with Crippen LogP contribution < -0.4 is 5.73 Å². The van der Waals surface area contributed by atoms with Crippen molar-refractivity contribution in [3.63, 3.8) is 0 Å². The van der Waals surface area contributed by atoms with E-state index in [1.807, 2.05) is 6.07 Å². The summed E-state index contributed by atoms with van der Waals surface area (Å²) in [4.78, 5) is 0. The van der Waals surface area contributed by atoms with Crippen LogP contribution in [0.5, 0.6) is 0 Å². The molecule has 12 heavy (non-hydrogen) atoms. The maximum atomic E-state index is 8.75. The SMILES string of the molecule is N#Cc1cc(Br)cc(Br)c1CN. The highest BCUT2D eigenvalue weighted by molar-refractivity contribution is 9.11. The monoisotopic (exact) mass is 288 g/mol. The van der Waals surface area contributed by atoms with Crippen molar-refractivity contribution in [3.8, 4) is 6.07 Å². The van der Waals surface area contributed by atoms with Crippen LogP contribution in [-0.2, 0) is 6.54 Å². The van der Waals surface area contributed by atoms with Gasteiger partial charge in [0.15, 0.2) is 0 Å². The first-order valence-corrected chi connectivity index (χ1v) is 4.85. The molecule has 0 heterocycles. The summed E-state index contributed by atoms with van der Waals surface area (Å²) < 4.78 is 1.75. The zero-order valence-electron chi connectivity index (χ0n) is 6.14. The van der Waals surface area contributed by atoms with Gasteiger partial charge in [0.1, 0.15) is 0 Å². The molecule has 2 nitrogen and oxygen atoms in total. The van der Waals surface area contributed by atoms with Crippen LogP contribution >= 0.6 is 31.9 Å². The summed E-state index contributed by atoms with van der Waals surface area (Å²) in [5.74, 6) is 0. The molecule has 4 heteroatoms. The molecule has 0 spiro atoms. The second-order valence-corrected chi connectivity index (χ2v) is 4.00. The zero-order valence-corrected chi connectivity index (χ0v) is 9.31. The fourth-order valence-electron chi connectivity index (χ4n) is 0.911. The van der Waals surface area contributed by atoms with Crippen LogP contribution in [0.4, 0.5) is 0 Å². The second kappa shape index (κ2) is 4.04. The summed E-state index contributed by atoms with van der Waals surface area (Å²) in [5.41, 5.74) is 6.94. The molecule has 0 radical (unpaired) electrons. The Labute approximate surface area is 87.6 Å². The molecule has 2 N–H and O–H groups in total. The minimum Gasteiger partial charge on any atom is -0.326 e. The largest absolute Gasteiger partial charge is 0.326 e. The first-order chi connectivity index (χ1) is 5.69. The Morgan fingerprint density at radius 1 is 1.42 bits per heavy atom. The van der Waals surface area contributed by atoms with Crippen molar-refractivity contribution >= 4 is 31.9 Å². The predicted octanol–water partition coefficient (Wildman–Crippen LogP) is 2.54. The van der Waals surface area contributed by atoms with Gasteiger partial charge in [0.25, 0.3) is 0 Å². The average molecular weight is 290 g/mol. The summed E-state index contributed by atoms with van der Waals surface area (Å²) >= 11 is 6.63. The van der Waals surface area contributed by atoms with E-state index in [2.05, 4.69) is 37.9 Å². The lowest BCUT2D eigenvalue weighted by atomic mass is 10.1. The molecule has 0 aliphatic carbocycles. The summed E-state index contributed by atoms with van der Waals surface area (Å²) in [6.45, 7) is 0.372. The van der Waals surface area contributed by atoms with Crippen LogP contribution in [0.2, 0.25) is 0 Å². The van der Waals surface area contributed by atoms with Crippen LogP contribution in [0.25, 0.3) is 0 Å². The Kier molecular flexibility index (Phi) is 3.27. The van der Waals surface area contributed by atoms with Crippen molar-refractivity contribution in [2.75, 3.05) is 0 Å². The summed E-state index contributed by atoms with van der Waals surface area (Å²) in [6.07, 6.45) is 0. The number of hydrogen-bond donors (Lipinski definition) is 1. The van der Waals surface area contributed by atoms with E-state index in [-0.39, 0.29) is 0 Å².